The number of nitrogens with zero attached hydrogens (tertiary/aromatic N) is 4. The summed E-state index contributed by atoms with van der Waals surface area (Å²) in [6.07, 6.45) is 3.65. The van der Waals surface area contributed by atoms with E-state index in [0.717, 1.165) is 11.0 Å². The summed E-state index contributed by atoms with van der Waals surface area (Å²) >= 11 is 2.97. The maximum Gasteiger partial charge on any atom is 0.145 e. The molecule has 0 saturated carbocycles. The van der Waals surface area contributed by atoms with Gasteiger partial charge in [-0.15, -0.1) is 28.2 Å². The average Bonchev–Trinajstić information content (AvgIpc) is 3.09. The van der Waals surface area contributed by atoms with Crippen LogP contribution in [0, 0.1) is 0 Å². The van der Waals surface area contributed by atoms with Crippen molar-refractivity contribution in [3.05, 3.63) is 40.8 Å². The Morgan fingerprint density at radius 1 is 1.40 bits per heavy atom. The van der Waals surface area contributed by atoms with E-state index < -0.39 is 5.60 Å². The molecule has 0 bridgehead atoms. The van der Waals surface area contributed by atoms with Crippen LogP contribution in [-0.4, -0.2) is 31.3 Å². The number of benzene rings is 1. The van der Waals surface area contributed by atoms with Crippen LogP contribution in [0.15, 0.2) is 35.8 Å². The van der Waals surface area contributed by atoms with Crippen LogP contribution in [0.5, 0.6) is 0 Å². The molecule has 0 aliphatic heterocycles. The largest absolute Gasteiger partial charge is 0.380 e. The predicted octanol–water partition coefficient (Wildman–Crippen LogP) is 2.66. The van der Waals surface area contributed by atoms with Gasteiger partial charge in [-0.3, -0.25) is 0 Å². The molecule has 3 rings (SSSR count). The summed E-state index contributed by atoms with van der Waals surface area (Å²) in [5, 5.41) is 21.5. The van der Waals surface area contributed by atoms with Crippen molar-refractivity contribution in [3.63, 3.8) is 0 Å². The lowest BCUT2D eigenvalue weighted by atomic mass is 10.1. The van der Waals surface area contributed by atoms with Gasteiger partial charge in [-0.25, -0.2) is 9.67 Å². The van der Waals surface area contributed by atoms with Crippen LogP contribution >= 0.6 is 23.1 Å². The molecule has 20 heavy (non-hydrogen) atoms. The Morgan fingerprint density at radius 2 is 2.20 bits per heavy atom. The van der Waals surface area contributed by atoms with E-state index in [1.165, 1.54) is 23.1 Å². The van der Waals surface area contributed by atoms with E-state index in [0.29, 0.717) is 5.01 Å². The van der Waals surface area contributed by atoms with Crippen LogP contribution in [0.25, 0.3) is 11.0 Å². The highest BCUT2D eigenvalue weighted by Gasteiger charge is 2.38. The second kappa shape index (κ2) is 5.16. The van der Waals surface area contributed by atoms with Crippen molar-refractivity contribution in [1.29, 1.82) is 0 Å². The van der Waals surface area contributed by atoms with Crippen LogP contribution in [-0.2, 0) is 5.60 Å². The number of hydrogen-bond acceptors (Lipinski definition) is 6. The first-order chi connectivity index (χ1) is 9.64. The average molecular weight is 306 g/mol. The SMILES string of the molecule is CSC(n1nnc2ccccc21)C(C)(O)c1nccs1. The molecule has 0 amide bonds. The van der Waals surface area contributed by atoms with Crippen molar-refractivity contribution in [2.45, 2.75) is 17.9 Å². The third kappa shape index (κ3) is 2.11. The third-order valence-electron chi connectivity index (χ3n) is 3.17. The van der Waals surface area contributed by atoms with Crippen molar-refractivity contribution in [1.82, 2.24) is 20.0 Å². The minimum Gasteiger partial charge on any atom is -0.380 e. The van der Waals surface area contributed by atoms with Gasteiger partial charge >= 0.3 is 0 Å². The van der Waals surface area contributed by atoms with E-state index in [4.69, 9.17) is 0 Å². The molecule has 104 valence electrons. The molecule has 7 heteroatoms. The van der Waals surface area contributed by atoms with Gasteiger partial charge in [0.25, 0.3) is 0 Å². The van der Waals surface area contributed by atoms with E-state index in [-0.39, 0.29) is 5.37 Å². The number of aliphatic hydroxyl groups is 1. The molecule has 0 aliphatic rings. The molecule has 2 heterocycles. The van der Waals surface area contributed by atoms with E-state index in [1.54, 1.807) is 17.8 Å². The molecule has 3 aromatic rings. The molecule has 2 aromatic heterocycles. The highest BCUT2D eigenvalue weighted by Crippen LogP contribution is 2.41. The van der Waals surface area contributed by atoms with E-state index in [2.05, 4.69) is 15.3 Å². The zero-order valence-electron chi connectivity index (χ0n) is 11.1. The smallest absolute Gasteiger partial charge is 0.145 e. The fraction of sp³-hybridized carbons (Fsp3) is 0.308. The summed E-state index contributed by atoms with van der Waals surface area (Å²) in [6.45, 7) is 1.77. The number of hydrogen-bond donors (Lipinski definition) is 1. The molecule has 0 fully saturated rings. The molecule has 1 N–H and O–H groups in total. The fourth-order valence-corrected chi connectivity index (χ4v) is 3.93. The summed E-state index contributed by atoms with van der Waals surface area (Å²) in [5.74, 6) is 0. The van der Waals surface area contributed by atoms with Gasteiger partial charge < -0.3 is 5.11 Å². The summed E-state index contributed by atoms with van der Waals surface area (Å²) in [4.78, 5) is 4.24. The van der Waals surface area contributed by atoms with Gasteiger partial charge in [0, 0.05) is 11.6 Å². The van der Waals surface area contributed by atoms with Gasteiger partial charge in [-0.2, -0.15) is 0 Å². The Labute approximate surface area is 124 Å². The monoisotopic (exact) mass is 306 g/mol. The van der Waals surface area contributed by atoms with Crippen molar-refractivity contribution in [2.24, 2.45) is 0 Å². The molecule has 0 saturated heterocycles. The number of fused-ring (bicyclic) bond motifs is 1. The predicted molar refractivity (Wildman–Crippen MR) is 81.8 cm³/mol. The number of thioether (sulfide) groups is 1. The van der Waals surface area contributed by atoms with Gasteiger partial charge in [0.05, 0.1) is 5.52 Å². The van der Waals surface area contributed by atoms with Crippen molar-refractivity contribution >= 4 is 34.1 Å². The Bertz CT molecular complexity index is 708. The van der Waals surface area contributed by atoms with Crippen LogP contribution in [0.3, 0.4) is 0 Å². The Morgan fingerprint density at radius 3 is 2.90 bits per heavy atom. The number of thiazole rings is 1. The number of para-hydroxylation sites is 1. The lowest BCUT2D eigenvalue weighted by Gasteiger charge is -2.29. The maximum absolute atomic E-state index is 10.9. The first kappa shape index (κ1) is 13.5. The quantitative estimate of drug-likeness (QED) is 0.803. The second-order valence-electron chi connectivity index (χ2n) is 4.60. The molecular weight excluding hydrogens is 292 g/mol. The molecule has 0 aliphatic carbocycles. The first-order valence-electron chi connectivity index (χ1n) is 6.09. The van der Waals surface area contributed by atoms with Crippen LogP contribution in [0.2, 0.25) is 0 Å². The third-order valence-corrected chi connectivity index (χ3v) is 5.27. The normalized spacial score (nSPS) is 16.1. The maximum atomic E-state index is 10.9. The summed E-state index contributed by atoms with van der Waals surface area (Å²) in [6, 6.07) is 7.73. The minimum atomic E-state index is -1.11. The van der Waals surface area contributed by atoms with Crippen LogP contribution < -0.4 is 0 Å². The van der Waals surface area contributed by atoms with Gasteiger partial charge in [-0.05, 0) is 25.3 Å². The lowest BCUT2D eigenvalue weighted by Crippen LogP contribution is -2.32. The van der Waals surface area contributed by atoms with Crippen molar-refractivity contribution < 1.29 is 5.11 Å². The second-order valence-corrected chi connectivity index (χ2v) is 6.41. The van der Waals surface area contributed by atoms with E-state index in [9.17, 15) is 5.11 Å². The van der Waals surface area contributed by atoms with Crippen molar-refractivity contribution in [3.8, 4) is 0 Å². The highest BCUT2D eigenvalue weighted by atomic mass is 32.2. The topological polar surface area (TPSA) is 63.8 Å². The zero-order valence-corrected chi connectivity index (χ0v) is 12.7. The fourth-order valence-electron chi connectivity index (χ4n) is 2.21. The molecule has 2 atom stereocenters. The van der Waals surface area contributed by atoms with Gasteiger partial charge in [0.15, 0.2) is 0 Å². The summed E-state index contributed by atoms with van der Waals surface area (Å²) in [5.41, 5.74) is 0.620. The molecule has 2 unspecified atom stereocenters. The molecule has 0 radical (unpaired) electrons. The van der Waals surface area contributed by atoms with Gasteiger partial charge in [-0.1, -0.05) is 17.3 Å². The Kier molecular flexibility index (Phi) is 3.49. The zero-order chi connectivity index (χ0) is 14.2. The Hall–Kier alpha value is -1.44. The molecular formula is C13H14N4OS2. The van der Waals surface area contributed by atoms with Gasteiger partial charge in [0.2, 0.25) is 0 Å². The van der Waals surface area contributed by atoms with Crippen LogP contribution in [0.1, 0.15) is 17.3 Å². The van der Waals surface area contributed by atoms with Crippen molar-refractivity contribution in [2.75, 3.05) is 6.26 Å². The van der Waals surface area contributed by atoms with Crippen LogP contribution in [0.4, 0.5) is 0 Å². The molecule has 0 spiro atoms. The standard InChI is InChI=1S/C13H14N4OS2/c1-13(18,11-14-7-8-20-11)12(19-2)17-10-6-4-3-5-9(10)15-16-17/h3-8,12,18H,1-2H3. The number of rotatable bonds is 4. The molecule has 1 aromatic carbocycles. The van der Waals surface area contributed by atoms with E-state index in [1.807, 2.05) is 35.9 Å². The van der Waals surface area contributed by atoms with E-state index >= 15 is 0 Å². The summed E-state index contributed by atoms with van der Waals surface area (Å²) in [7, 11) is 0. The van der Waals surface area contributed by atoms with Gasteiger partial charge in [0.1, 0.15) is 21.5 Å². The lowest BCUT2D eigenvalue weighted by molar-refractivity contribution is 0.0311. The minimum absolute atomic E-state index is 0.291. The highest BCUT2D eigenvalue weighted by molar-refractivity contribution is 7.98. The first-order valence-corrected chi connectivity index (χ1v) is 8.26. The Balaban J connectivity index is 2.10. The summed E-state index contributed by atoms with van der Waals surface area (Å²) < 4.78 is 1.77. The number of aromatic nitrogens is 4. The molecule has 5 nitrogen and oxygen atoms in total.